The number of halogens is 1. The van der Waals surface area contributed by atoms with Gasteiger partial charge in [-0.2, -0.15) is 0 Å². The van der Waals surface area contributed by atoms with Gasteiger partial charge < -0.3 is 22.0 Å². The summed E-state index contributed by atoms with van der Waals surface area (Å²) in [6, 6.07) is 6.79. The highest BCUT2D eigenvalue weighted by atomic mass is 35.5. The van der Waals surface area contributed by atoms with E-state index in [1.807, 2.05) is 0 Å². The molecule has 0 radical (unpaired) electrons. The number of benzene rings is 1. The third kappa shape index (κ3) is 5.76. The number of likely N-dealkylation sites (tertiary alicyclic amines) is 1. The van der Waals surface area contributed by atoms with E-state index in [0.717, 1.165) is 13.2 Å². The van der Waals surface area contributed by atoms with Crippen LogP contribution in [-0.4, -0.2) is 26.2 Å². The molecule has 0 aromatic heterocycles. The van der Waals surface area contributed by atoms with Gasteiger partial charge in [0.15, 0.2) is 0 Å². The molecule has 0 amide bonds. The van der Waals surface area contributed by atoms with Gasteiger partial charge in [0.05, 0.1) is 13.1 Å². The lowest BCUT2D eigenvalue weighted by Crippen LogP contribution is -3.13. The predicted octanol–water partition coefficient (Wildman–Crippen LogP) is 1.07. The Balaban J connectivity index is 0.00000225. The maximum Gasteiger partial charge on any atom is 0.137 e. The summed E-state index contributed by atoms with van der Waals surface area (Å²) in [6.07, 6.45) is 10.7. The highest BCUT2D eigenvalue weighted by Gasteiger charge is 2.18. The average molecular weight is 364 g/mol. The number of ether oxygens (including phenoxy) is 1. The van der Waals surface area contributed by atoms with Crippen molar-refractivity contribution in [2.24, 2.45) is 0 Å². The summed E-state index contributed by atoms with van der Waals surface area (Å²) < 4.78 is 6.45. The summed E-state index contributed by atoms with van der Waals surface area (Å²) in [6.45, 7) is 9.08. The van der Waals surface area contributed by atoms with Gasteiger partial charge in [0.25, 0.3) is 0 Å². The summed E-state index contributed by atoms with van der Waals surface area (Å²) in [5, 5.41) is 0. The van der Waals surface area contributed by atoms with Crippen molar-refractivity contribution in [1.82, 2.24) is 0 Å². The maximum atomic E-state index is 6.45. The van der Waals surface area contributed by atoms with Crippen molar-refractivity contribution in [2.45, 2.75) is 65.2 Å². The van der Waals surface area contributed by atoms with Crippen molar-refractivity contribution >= 4 is 5.76 Å². The van der Waals surface area contributed by atoms with Gasteiger partial charge in [0.1, 0.15) is 18.9 Å². The highest BCUT2D eigenvalue weighted by molar-refractivity contribution is 5.66. The molecule has 3 rings (SSSR count). The SMILES string of the molecule is Cc1ccc(C(OCC[NH+]2CCCCC2)=C2CCCCC2)c(C)c1.[Cl-]. The van der Waals surface area contributed by atoms with Gasteiger partial charge >= 0.3 is 0 Å². The van der Waals surface area contributed by atoms with Crippen LogP contribution < -0.4 is 17.3 Å². The Labute approximate surface area is 160 Å². The topological polar surface area (TPSA) is 13.7 Å². The largest absolute Gasteiger partial charge is 1.00 e. The van der Waals surface area contributed by atoms with Crippen molar-refractivity contribution in [2.75, 3.05) is 26.2 Å². The van der Waals surface area contributed by atoms with Crippen molar-refractivity contribution in [3.8, 4) is 0 Å². The van der Waals surface area contributed by atoms with Crippen molar-refractivity contribution in [1.29, 1.82) is 0 Å². The molecule has 2 fully saturated rings. The van der Waals surface area contributed by atoms with E-state index < -0.39 is 0 Å². The monoisotopic (exact) mass is 363 g/mol. The first-order valence-electron chi connectivity index (χ1n) is 10.00. The van der Waals surface area contributed by atoms with Crippen molar-refractivity contribution in [3.05, 3.63) is 40.5 Å². The zero-order chi connectivity index (χ0) is 16.8. The van der Waals surface area contributed by atoms with Crippen LogP contribution in [0.1, 0.15) is 68.1 Å². The van der Waals surface area contributed by atoms with Gasteiger partial charge in [-0.25, -0.2) is 0 Å². The van der Waals surface area contributed by atoms with Crippen molar-refractivity contribution in [3.63, 3.8) is 0 Å². The first-order chi connectivity index (χ1) is 11.7. The molecule has 0 atom stereocenters. The molecule has 25 heavy (non-hydrogen) atoms. The molecular formula is C22H34ClNO. The minimum absolute atomic E-state index is 0. The molecule has 1 aromatic carbocycles. The van der Waals surface area contributed by atoms with E-state index in [0.29, 0.717) is 0 Å². The minimum Gasteiger partial charge on any atom is -1.00 e. The number of rotatable bonds is 5. The molecule has 3 heteroatoms. The number of nitrogens with one attached hydrogen (secondary N) is 1. The number of piperidine rings is 1. The molecular weight excluding hydrogens is 330 g/mol. The van der Waals surface area contributed by atoms with E-state index in [1.165, 1.54) is 86.9 Å². The van der Waals surface area contributed by atoms with Crippen LogP contribution in [0.4, 0.5) is 0 Å². The van der Waals surface area contributed by atoms with Crippen LogP contribution in [-0.2, 0) is 4.74 Å². The predicted molar refractivity (Wildman–Crippen MR) is 101 cm³/mol. The molecule has 0 unspecified atom stereocenters. The highest BCUT2D eigenvalue weighted by Crippen LogP contribution is 2.32. The summed E-state index contributed by atoms with van der Waals surface area (Å²) >= 11 is 0. The smallest absolute Gasteiger partial charge is 0.137 e. The number of hydrogen-bond donors (Lipinski definition) is 1. The molecule has 2 nitrogen and oxygen atoms in total. The average Bonchev–Trinajstić information content (AvgIpc) is 2.61. The molecule has 2 aliphatic rings. The molecule has 140 valence electrons. The Morgan fingerprint density at radius 3 is 2.32 bits per heavy atom. The Hall–Kier alpha value is -0.990. The molecule has 1 aliphatic carbocycles. The van der Waals surface area contributed by atoms with Crippen LogP contribution in [0.5, 0.6) is 0 Å². The molecule has 1 saturated carbocycles. The van der Waals surface area contributed by atoms with Crippen LogP contribution in [0.25, 0.3) is 5.76 Å². The van der Waals surface area contributed by atoms with E-state index in [-0.39, 0.29) is 12.4 Å². The zero-order valence-corrected chi connectivity index (χ0v) is 16.8. The second kappa shape index (κ2) is 10.2. The summed E-state index contributed by atoms with van der Waals surface area (Å²) in [5.74, 6) is 1.21. The van der Waals surface area contributed by atoms with Crippen LogP contribution in [0.2, 0.25) is 0 Å². The second-order valence-corrected chi connectivity index (χ2v) is 7.72. The third-order valence-corrected chi connectivity index (χ3v) is 5.67. The molecule has 0 bridgehead atoms. The fourth-order valence-corrected chi connectivity index (χ4v) is 4.24. The molecule has 1 N–H and O–H groups in total. The van der Waals surface area contributed by atoms with Crippen LogP contribution in [0.15, 0.2) is 23.8 Å². The van der Waals surface area contributed by atoms with Gasteiger partial charge in [-0.1, -0.05) is 30.2 Å². The van der Waals surface area contributed by atoms with E-state index in [1.54, 1.807) is 10.5 Å². The third-order valence-electron chi connectivity index (χ3n) is 5.67. The lowest BCUT2D eigenvalue weighted by molar-refractivity contribution is -0.905. The van der Waals surface area contributed by atoms with E-state index in [2.05, 4.69) is 32.0 Å². The normalized spacial score (nSPS) is 18.6. The Morgan fingerprint density at radius 1 is 0.960 bits per heavy atom. The zero-order valence-electron chi connectivity index (χ0n) is 16.0. The second-order valence-electron chi connectivity index (χ2n) is 7.72. The van der Waals surface area contributed by atoms with E-state index in [4.69, 9.17) is 4.74 Å². The number of aryl methyl sites for hydroxylation is 2. The maximum absolute atomic E-state index is 6.45. The van der Waals surface area contributed by atoms with Crippen molar-refractivity contribution < 1.29 is 22.0 Å². The van der Waals surface area contributed by atoms with Gasteiger partial charge in [0.2, 0.25) is 0 Å². The molecule has 0 spiro atoms. The number of quaternary nitrogens is 1. The fraction of sp³-hybridized carbons (Fsp3) is 0.636. The Kier molecular flexibility index (Phi) is 8.32. The van der Waals surface area contributed by atoms with Gasteiger partial charge in [-0.3, -0.25) is 0 Å². The molecule has 1 heterocycles. The van der Waals surface area contributed by atoms with Crippen LogP contribution >= 0.6 is 0 Å². The number of allylic oxidation sites excluding steroid dienone is 1. The molecule has 1 aliphatic heterocycles. The Morgan fingerprint density at radius 2 is 1.64 bits per heavy atom. The lowest BCUT2D eigenvalue weighted by atomic mass is 9.91. The minimum atomic E-state index is 0. The summed E-state index contributed by atoms with van der Waals surface area (Å²) in [4.78, 5) is 1.73. The van der Waals surface area contributed by atoms with Gasteiger partial charge in [-0.15, -0.1) is 0 Å². The summed E-state index contributed by atoms with van der Waals surface area (Å²) in [5.41, 5.74) is 5.57. The van der Waals surface area contributed by atoms with E-state index >= 15 is 0 Å². The Bertz CT molecular complexity index is 567. The molecule has 1 saturated heterocycles. The summed E-state index contributed by atoms with van der Waals surface area (Å²) in [7, 11) is 0. The fourth-order valence-electron chi connectivity index (χ4n) is 4.24. The number of hydrogen-bond acceptors (Lipinski definition) is 1. The van der Waals surface area contributed by atoms with Gasteiger partial charge in [-0.05, 0) is 69.9 Å². The first kappa shape index (κ1) is 20.3. The van der Waals surface area contributed by atoms with Crippen LogP contribution in [0.3, 0.4) is 0 Å². The standard InChI is InChI=1S/C22H33NO.ClH/c1-18-11-12-21(19(2)17-18)22(20-9-5-3-6-10-20)24-16-15-23-13-7-4-8-14-23;/h11-12,17H,3-10,13-16H2,1-2H3;1H. The lowest BCUT2D eigenvalue weighted by Gasteiger charge is -2.25. The first-order valence-corrected chi connectivity index (χ1v) is 10.00. The van der Waals surface area contributed by atoms with E-state index in [9.17, 15) is 0 Å². The van der Waals surface area contributed by atoms with Gasteiger partial charge in [0, 0.05) is 5.56 Å². The quantitative estimate of drug-likeness (QED) is 0.772. The molecule has 1 aromatic rings. The van der Waals surface area contributed by atoms with Crippen LogP contribution in [0, 0.1) is 13.8 Å².